The molecular formula is C17H19N5O3S. The van der Waals surface area contributed by atoms with Gasteiger partial charge in [-0.1, -0.05) is 0 Å². The van der Waals surface area contributed by atoms with E-state index in [0.717, 1.165) is 15.6 Å². The van der Waals surface area contributed by atoms with Gasteiger partial charge in [0.05, 0.1) is 21.7 Å². The van der Waals surface area contributed by atoms with Crippen LogP contribution in [0.1, 0.15) is 31.6 Å². The lowest BCUT2D eigenvalue weighted by Gasteiger charge is -2.10. The number of pyridine rings is 1. The first kappa shape index (κ1) is 18.0. The Morgan fingerprint density at radius 1 is 1.27 bits per heavy atom. The number of carbonyl (C=O) groups excluding carboxylic acids is 1. The van der Waals surface area contributed by atoms with Gasteiger partial charge in [0.1, 0.15) is 5.65 Å². The molecular weight excluding hydrogens is 354 g/mol. The second-order valence-corrected chi connectivity index (χ2v) is 7.37. The topological polar surface area (TPSA) is 110 Å². The van der Waals surface area contributed by atoms with E-state index in [-0.39, 0.29) is 22.5 Å². The van der Waals surface area contributed by atoms with Crippen molar-refractivity contribution in [2.75, 3.05) is 6.54 Å². The zero-order chi connectivity index (χ0) is 19.0. The SMILES string of the molecule is Cc1cc(C(=O)NCCc2nc(C)c(C)s2)c2c(=O)[nH]c(=O)n(C)c2n1. The Labute approximate surface area is 152 Å². The third kappa shape index (κ3) is 3.30. The number of hydrogen-bond donors (Lipinski definition) is 2. The fourth-order valence-electron chi connectivity index (χ4n) is 2.67. The van der Waals surface area contributed by atoms with Crippen LogP contribution in [-0.4, -0.2) is 32.0 Å². The van der Waals surface area contributed by atoms with Gasteiger partial charge in [-0.15, -0.1) is 11.3 Å². The summed E-state index contributed by atoms with van der Waals surface area (Å²) >= 11 is 1.61. The number of amides is 1. The van der Waals surface area contributed by atoms with Gasteiger partial charge in [0.15, 0.2) is 0 Å². The van der Waals surface area contributed by atoms with Gasteiger partial charge in [0.25, 0.3) is 11.5 Å². The van der Waals surface area contributed by atoms with Crippen LogP contribution < -0.4 is 16.6 Å². The normalized spacial score (nSPS) is 11.1. The van der Waals surface area contributed by atoms with Crippen LogP contribution in [0.3, 0.4) is 0 Å². The molecule has 2 N–H and O–H groups in total. The highest BCUT2D eigenvalue weighted by atomic mass is 32.1. The van der Waals surface area contributed by atoms with Gasteiger partial charge >= 0.3 is 5.69 Å². The van der Waals surface area contributed by atoms with Crippen molar-refractivity contribution in [2.24, 2.45) is 7.05 Å². The van der Waals surface area contributed by atoms with Crippen molar-refractivity contribution in [1.29, 1.82) is 0 Å². The number of aromatic nitrogens is 4. The van der Waals surface area contributed by atoms with Gasteiger partial charge in [-0.2, -0.15) is 0 Å². The van der Waals surface area contributed by atoms with Crippen LogP contribution in [0.4, 0.5) is 0 Å². The number of nitrogens with zero attached hydrogens (tertiary/aromatic N) is 3. The van der Waals surface area contributed by atoms with Crippen LogP contribution in [0.2, 0.25) is 0 Å². The molecule has 0 saturated carbocycles. The summed E-state index contributed by atoms with van der Waals surface area (Å²) in [5, 5.41) is 3.88. The lowest BCUT2D eigenvalue weighted by molar-refractivity contribution is 0.0955. The first-order chi connectivity index (χ1) is 12.3. The molecule has 0 bridgehead atoms. The van der Waals surface area contributed by atoms with Gasteiger partial charge in [0, 0.05) is 30.6 Å². The molecule has 0 radical (unpaired) electrons. The van der Waals surface area contributed by atoms with E-state index in [2.05, 4.69) is 20.3 Å². The molecule has 8 nitrogen and oxygen atoms in total. The number of nitrogens with one attached hydrogen (secondary N) is 2. The van der Waals surface area contributed by atoms with Crippen molar-refractivity contribution < 1.29 is 4.79 Å². The summed E-state index contributed by atoms with van der Waals surface area (Å²) < 4.78 is 1.22. The van der Waals surface area contributed by atoms with E-state index in [1.54, 1.807) is 24.3 Å². The maximum Gasteiger partial charge on any atom is 0.329 e. The van der Waals surface area contributed by atoms with Gasteiger partial charge < -0.3 is 5.32 Å². The van der Waals surface area contributed by atoms with E-state index in [9.17, 15) is 14.4 Å². The number of carbonyl (C=O) groups is 1. The van der Waals surface area contributed by atoms with Crippen molar-refractivity contribution in [1.82, 2.24) is 24.8 Å². The number of aromatic amines is 1. The number of thiazole rings is 1. The summed E-state index contributed by atoms with van der Waals surface area (Å²) in [5.41, 5.74) is 0.758. The summed E-state index contributed by atoms with van der Waals surface area (Å²) in [6.07, 6.45) is 0.613. The minimum absolute atomic E-state index is 0.108. The fraction of sp³-hybridized carbons (Fsp3) is 0.353. The molecule has 3 aromatic rings. The van der Waals surface area contributed by atoms with Crippen LogP contribution in [-0.2, 0) is 13.5 Å². The number of hydrogen-bond acceptors (Lipinski definition) is 6. The third-order valence-electron chi connectivity index (χ3n) is 4.14. The van der Waals surface area contributed by atoms with Crippen LogP contribution in [0.5, 0.6) is 0 Å². The second kappa shape index (κ2) is 6.83. The zero-order valence-corrected chi connectivity index (χ0v) is 15.8. The smallest absolute Gasteiger partial charge is 0.329 e. The lowest BCUT2D eigenvalue weighted by Crippen LogP contribution is -2.32. The molecule has 0 saturated heterocycles. The Morgan fingerprint density at radius 3 is 2.65 bits per heavy atom. The zero-order valence-electron chi connectivity index (χ0n) is 15.0. The highest BCUT2D eigenvalue weighted by molar-refractivity contribution is 7.11. The van der Waals surface area contributed by atoms with Crippen LogP contribution in [0.25, 0.3) is 11.0 Å². The molecule has 0 atom stereocenters. The predicted molar refractivity (Wildman–Crippen MR) is 100.0 cm³/mol. The maximum absolute atomic E-state index is 12.6. The fourth-order valence-corrected chi connectivity index (χ4v) is 3.60. The Kier molecular flexibility index (Phi) is 4.73. The van der Waals surface area contributed by atoms with Gasteiger partial charge in [-0.05, 0) is 26.8 Å². The van der Waals surface area contributed by atoms with E-state index in [4.69, 9.17) is 0 Å². The molecule has 1 amide bonds. The minimum atomic E-state index is -0.619. The molecule has 0 aromatic carbocycles. The second-order valence-electron chi connectivity index (χ2n) is 6.08. The Balaban J connectivity index is 1.89. The predicted octanol–water partition coefficient (Wildman–Crippen LogP) is 0.976. The molecule has 26 heavy (non-hydrogen) atoms. The summed E-state index contributed by atoms with van der Waals surface area (Å²) in [5.74, 6) is -0.380. The third-order valence-corrected chi connectivity index (χ3v) is 5.27. The average Bonchev–Trinajstić information content (AvgIpc) is 2.89. The molecule has 136 valence electrons. The molecule has 3 aromatic heterocycles. The van der Waals surface area contributed by atoms with Gasteiger partial charge in [-0.3, -0.25) is 19.1 Å². The van der Waals surface area contributed by atoms with Crippen molar-refractivity contribution in [3.05, 3.63) is 53.7 Å². The lowest BCUT2D eigenvalue weighted by atomic mass is 10.1. The van der Waals surface area contributed by atoms with Gasteiger partial charge in [-0.25, -0.2) is 14.8 Å². The Hall–Kier alpha value is -2.81. The number of fused-ring (bicyclic) bond motifs is 1. The summed E-state index contributed by atoms with van der Waals surface area (Å²) in [6, 6.07) is 1.55. The molecule has 0 aliphatic carbocycles. The van der Waals surface area contributed by atoms with Gasteiger partial charge in [0.2, 0.25) is 0 Å². The number of aryl methyl sites for hydroxylation is 4. The summed E-state index contributed by atoms with van der Waals surface area (Å²) in [7, 11) is 1.50. The Bertz CT molecular complexity index is 1110. The van der Waals surface area contributed by atoms with Crippen molar-refractivity contribution in [3.8, 4) is 0 Å². The van der Waals surface area contributed by atoms with Crippen molar-refractivity contribution >= 4 is 28.3 Å². The first-order valence-electron chi connectivity index (χ1n) is 8.09. The van der Waals surface area contributed by atoms with Crippen molar-refractivity contribution in [2.45, 2.75) is 27.2 Å². The molecule has 0 unspecified atom stereocenters. The van der Waals surface area contributed by atoms with E-state index >= 15 is 0 Å². The quantitative estimate of drug-likeness (QED) is 0.708. The maximum atomic E-state index is 12.6. The largest absolute Gasteiger partial charge is 0.352 e. The number of H-pyrrole nitrogens is 1. The van der Waals surface area contributed by atoms with Crippen LogP contribution >= 0.6 is 11.3 Å². The summed E-state index contributed by atoms with van der Waals surface area (Å²) in [6.45, 7) is 6.08. The molecule has 0 aliphatic heterocycles. The monoisotopic (exact) mass is 373 g/mol. The van der Waals surface area contributed by atoms with E-state index in [1.807, 2.05) is 13.8 Å². The average molecular weight is 373 g/mol. The highest BCUT2D eigenvalue weighted by Crippen LogP contribution is 2.17. The van der Waals surface area contributed by atoms with E-state index in [1.165, 1.54) is 11.6 Å². The molecule has 0 spiro atoms. The Morgan fingerprint density at radius 2 is 2.00 bits per heavy atom. The minimum Gasteiger partial charge on any atom is -0.352 e. The van der Waals surface area contributed by atoms with Crippen LogP contribution in [0, 0.1) is 20.8 Å². The first-order valence-corrected chi connectivity index (χ1v) is 8.91. The van der Waals surface area contributed by atoms with E-state index < -0.39 is 11.2 Å². The molecule has 3 rings (SSSR count). The van der Waals surface area contributed by atoms with Crippen LogP contribution in [0.15, 0.2) is 15.7 Å². The summed E-state index contributed by atoms with van der Waals surface area (Å²) in [4.78, 5) is 48.7. The highest BCUT2D eigenvalue weighted by Gasteiger charge is 2.17. The van der Waals surface area contributed by atoms with Crippen molar-refractivity contribution in [3.63, 3.8) is 0 Å². The standard InChI is InChI=1S/C17H19N5O3S/c1-8-7-11(13-14(19-8)22(4)17(25)21-16(13)24)15(23)18-6-5-12-20-9(2)10(3)26-12/h7H,5-6H2,1-4H3,(H,18,23)(H,21,24,25). The molecule has 9 heteroatoms. The number of rotatable bonds is 4. The van der Waals surface area contributed by atoms with E-state index in [0.29, 0.717) is 18.7 Å². The molecule has 0 aliphatic rings. The molecule has 0 fully saturated rings. The molecule has 3 heterocycles.